The van der Waals surface area contributed by atoms with E-state index in [-0.39, 0.29) is 18.3 Å². The molecule has 3 rings (SSSR count). The van der Waals surface area contributed by atoms with Crippen molar-refractivity contribution in [2.75, 3.05) is 20.6 Å². The quantitative estimate of drug-likeness (QED) is 0.578. The Bertz CT molecular complexity index is 928. The second-order valence-electron chi connectivity index (χ2n) is 6.76. The lowest BCUT2D eigenvalue weighted by atomic mass is 10.1. The highest BCUT2D eigenvalue weighted by molar-refractivity contribution is 6.31. The molecule has 0 bridgehead atoms. The molecule has 0 fully saturated rings. The highest BCUT2D eigenvalue weighted by atomic mass is 35.5. The third kappa shape index (κ3) is 6.07. The third-order valence-electron chi connectivity index (χ3n) is 4.60. The summed E-state index contributed by atoms with van der Waals surface area (Å²) in [4.78, 5) is 14.1. The SMILES string of the molecule is CNCCC(=O)N(C)Cc1cn(Cc2ccccc2Cl)nc1-c1ccccc1.Cl. The van der Waals surface area contributed by atoms with Gasteiger partial charge < -0.3 is 10.2 Å². The number of hydrogen-bond donors (Lipinski definition) is 1. The number of carbonyl (C=O) groups excluding carboxylic acids is 1. The van der Waals surface area contributed by atoms with Crippen LogP contribution in [0.1, 0.15) is 17.5 Å². The van der Waals surface area contributed by atoms with E-state index in [1.807, 2.05) is 79.6 Å². The molecule has 2 aromatic carbocycles. The van der Waals surface area contributed by atoms with Crippen LogP contribution in [-0.2, 0) is 17.9 Å². The number of nitrogens with zero attached hydrogens (tertiary/aromatic N) is 3. The predicted octanol–water partition coefficient (Wildman–Crippen LogP) is 4.24. The maximum atomic E-state index is 12.3. The largest absolute Gasteiger partial charge is 0.341 e. The van der Waals surface area contributed by atoms with Crippen LogP contribution in [-0.4, -0.2) is 41.2 Å². The molecule has 0 aliphatic carbocycles. The van der Waals surface area contributed by atoms with Gasteiger partial charge >= 0.3 is 0 Å². The number of hydrogen-bond acceptors (Lipinski definition) is 3. The van der Waals surface area contributed by atoms with Crippen LogP contribution < -0.4 is 5.32 Å². The lowest BCUT2D eigenvalue weighted by Gasteiger charge is -2.17. The van der Waals surface area contributed by atoms with Gasteiger partial charge in [0.25, 0.3) is 0 Å². The van der Waals surface area contributed by atoms with Gasteiger partial charge in [-0.25, -0.2) is 0 Å². The van der Waals surface area contributed by atoms with Gasteiger partial charge in [-0.2, -0.15) is 5.10 Å². The first-order valence-corrected chi connectivity index (χ1v) is 9.70. The molecule has 154 valence electrons. The van der Waals surface area contributed by atoms with Gasteiger partial charge in [0.1, 0.15) is 0 Å². The van der Waals surface area contributed by atoms with Gasteiger partial charge in [0.2, 0.25) is 5.91 Å². The first-order chi connectivity index (χ1) is 13.6. The highest BCUT2D eigenvalue weighted by Crippen LogP contribution is 2.24. The number of nitrogens with one attached hydrogen (secondary N) is 1. The number of halogens is 2. The molecule has 7 heteroatoms. The molecule has 0 saturated carbocycles. The fraction of sp³-hybridized carbons (Fsp3) is 0.273. The Labute approximate surface area is 183 Å². The van der Waals surface area contributed by atoms with Gasteiger partial charge in [-0.1, -0.05) is 60.1 Å². The minimum Gasteiger partial charge on any atom is -0.341 e. The molecule has 0 aliphatic rings. The van der Waals surface area contributed by atoms with Gasteiger partial charge in [-0.05, 0) is 18.7 Å². The minimum absolute atomic E-state index is 0. The summed E-state index contributed by atoms with van der Waals surface area (Å²) < 4.78 is 1.89. The van der Waals surface area contributed by atoms with Crippen molar-refractivity contribution in [2.24, 2.45) is 0 Å². The summed E-state index contributed by atoms with van der Waals surface area (Å²) in [6.45, 7) is 1.76. The molecule has 1 heterocycles. The Morgan fingerprint density at radius 2 is 1.79 bits per heavy atom. The Morgan fingerprint density at radius 3 is 2.48 bits per heavy atom. The van der Waals surface area contributed by atoms with Crippen molar-refractivity contribution < 1.29 is 4.79 Å². The van der Waals surface area contributed by atoms with E-state index in [1.54, 1.807) is 4.90 Å². The van der Waals surface area contributed by atoms with E-state index in [9.17, 15) is 4.79 Å². The molecule has 1 aromatic heterocycles. The molecule has 0 saturated heterocycles. The second kappa shape index (κ2) is 11.0. The normalized spacial score (nSPS) is 10.4. The predicted molar refractivity (Wildman–Crippen MR) is 120 cm³/mol. The molecule has 0 aliphatic heterocycles. The Morgan fingerprint density at radius 1 is 1.10 bits per heavy atom. The average Bonchev–Trinajstić information content (AvgIpc) is 3.10. The van der Waals surface area contributed by atoms with E-state index in [2.05, 4.69) is 5.32 Å². The van der Waals surface area contributed by atoms with Gasteiger partial charge in [0.05, 0.1) is 12.2 Å². The monoisotopic (exact) mass is 432 g/mol. The molecular weight excluding hydrogens is 407 g/mol. The standard InChI is InChI=1S/C22H25ClN4O.ClH/c1-24-13-12-21(28)26(2)14-19-16-27(15-18-10-6-7-11-20(18)23)25-22(19)17-8-4-3-5-9-17;/h3-11,16,24H,12-15H2,1-2H3;1H. The van der Waals surface area contributed by atoms with Crippen LogP contribution in [0.4, 0.5) is 0 Å². The molecule has 29 heavy (non-hydrogen) atoms. The maximum Gasteiger partial charge on any atom is 0.223 e. The van der Waals surface area contributed by atoms with Crippen molar-refractivity contribution in [2.45, 2.75) is 19.5 Å². The lowest BCUT2D eigenvalue weighted by Crippen LogP contribution is -2.28. The smallest absolute Gasteiger partial charge is 0.223 e. The molecule has 0 atom stereocenters. The van der Waals surface area contributed by atoms with Gasteiger partial charge in [-0.3, -0.25) is 9.48 Å². The Balaban J connectivity index is 0.00000300. The van der Waals surface area contributed by atoms with Crippen LogP contribution in [0.15, 0.2) is 60.8 Å². The van der Waals surface area contributed by atoms with E-state index >= 15 is 0 Å². The lowest BCUT2D eigenvalue weighted by molar-refractivity contribution is -0.130. The highest BCUT2D eigenvalue weighted by Gasteiger charge is 2.16. The van der Waals surface area contributed by atoms with E-state index in [0.29, 0.717) is 26.1 Å². The first kappa shape index (κ1) is 22.9. The molecular formula is C22H26Cl2N4O. The van der Waals surface area contributed by atoms with Crippen LogP contribution in [0.3, 0.4) is 0 Å². The van der Waals surface area contributed by atoms with E-state index in [1.165, 1.54) is 0 Å². The zero-order valence-electron chi connectivity index (χ0n) is 16.6. The van der Waals surface area contributed by atoms with Crippen molar-refractivity contribution in [1.29, 1.82) is 0 Å². The molecule has 3 aromatic rings. The summed E-state index contributed by atoms with van der Waals surface area (Å²) in [5.41, 5.74) is 3.95. The fourth-order valence-corrected chi connectivity index (χ4v) is 3.26. The van der Waals surface area contributed by atoms with E-state index in [4.69, 9.17) is 16.7 Å². The van der Waals surface area contributed by atoms with Crippen molar-refractivity contribution >= 4 is 29.9 Å². The minimum atomic E-state index is 0. The van der Waals surface area contributed by atoms with Crippen LogP contribution in [0.5, 0.6) is 0 Å². The first-order valence-electron chi connectivity index (χ1n) is 9.32. The van der Waals surface area contributed by atoms with Crippen molar-refractivity contribution in [3.8, 4) is 11.3 Å². The zero-order chi connectivity index (χ0) is 19.9. The molecule has 5 nitrogen and oxygen atoms in total. The van der Waals surface area contributed by atoms with Gasteiger partial charge in [0.15, 0.2) is 0 Å². The Hall–Kier alpha value is -2.34. The Kier molecular flexibility index (Phi) is 8.70. The van der Waals surface area contributed by atoms with E-state index < -0.39 is 0 Å². The molecule has 0 unspecified atom stereocenters. The second-order valence-corrected chi connectivity index (χ2v) is 7.17. The summed E-state index contributed by atoms with van der Waals surface area (Å²) in [6.07, 6.45) is 2.48. The van der Waals surface area contributed by atoms with Crippen LogP contribution in [0, 0.1) is 0 Å². The number of rotatable bonds is 8. The van der Waals surface area contributed by atoms with Crippen molar-refractivity contribution in [3.05, 3.63) is 76.9 Å². The third-order valence-corrected chi connectivity index (χ3v) is 4.97. The molecule has 1 amide bonds. The van der Waals surface area contributed by atoms with Crippen LogP contribution in [0.25, 0.3) is 11.3 Å². The van der Waals surface area contributed by atoms with Gasteiger partial charge in [0, 0.05) is 48.9 Å². The summed E-state index contributed by atoms with van der Waals surface area (Å²) in [5.74, 6) is 0.104. The topological polar surface area (TPSA) is 50.2 Å². The van der Waals surface area contributed by atoms with E-state index in [0.717, 1.165) is 27.4 Å². The average molecular weight is 433 g/mol. The number of amides is 1. The number of benzene rings is 2. The van der Waals surface area contributed by atoms with Crippen LogP contribution in [0.2, 0.25) is 5.02 Å². The molecule has 0 spiro atoms. The van der Waals surface area contributed by atoms with Crippen LogP contribution >= 0.6 is 24.0 Å². The summed E-state index contributed by atoms with van der Waals surface area (Å²) in [6, 6.07) is 17.8. The number of aromatic nitrogens is 2. The summed E-state index contributed by atoms with van der Waals surface area (Å²) in [7, 11) is 3.68. The summed E-state index contributed by atoms with van der Waals surface area (Å²) in [5, 5.41) is 8.54. The van der Waals surface area contributed by atoms with Gasteiger partial charge in [-0.15, -0.1) is 12.4 Å². The van der Waals surface area contributed by atoms with Crippen molar-refractivity contribution in [3.63, 3.8) is 0 Å². The molecule has 0 radical (unpaired) electrons. The molecule has 1 N–H and O–H groups in total. The maximum absolute atomic E-state index is 12.3. The van der Waals surface area contributed by atoms with Crippen molar-refractivity contribution in [1.82, 2.24) is 20.0 Å². The summed E-state index contributed by atoms with van der Waals surface area (Å²) >= 11 is 6.31. The fourth-order valence-electron chi connectivity index (χ4n) is 3.07. The number of carbonyl (C=O) groups is 1. The zero-order valence-corrected chi connectivity index (χ0v) is 18.2.